The molecule has 0 fully saturated rings. The van der Waals surface area contributed by atoms with Crippen LogP contribution in [-0.4, -0.2) is 34.6 Å². The molecule has 0 bridgehead atoms. The second-order valence-corrected chi connectivity index (χ2v) is 7.77. The number of nitrogens with zero attached hydrogens (tertiary/aromatic N) is 2. The number of anilines is 1. The molecule has 0 saturated heterocycles. The van der Waals surface area contributed by atoms with E-state index >= 15 is 0 Å². The van der Waals surface area contributed by atoms with Crippen molar-refractivity contribution in [1.29, 1.82) is 0 Å². The Kier molecular flexibility index (Phi) is 6.47. The SMILES string of the molecule is CC(=O)c1cccc(NC(=O)[C@@H](C)[NH+](C)Cc2c(C)nn(-c3ccccc3)c2C)c1. The van der Waals surface area contributed by atoms with Gasteiger partial charge in [0.15, 0.2) is 11.8 Å². The van der Waals surface area contributed by atoms with Crippen molar-refractivity contribution < 1.29 is 14.5 Å². The van der Waals surface area contributed by atoms with E-state index in [4.69, 9.17) is 5.10 Å². The van der Waals surface area contributed by atoms with E-state index in [1.54, 1.807) is 24.3 Å². The van der Waals surface area contributed by atoms with Crippen molar-refractivity contribution in [3.8, 4) is 5.69 Å². The number of nitrogens with one attached hydrogen (secondary N) is 2. The van der Waals surface area contributed by atoms with Crippen molar-refractivity contribution in [2.75, 3.05) is 12.4 Å². The Hall–Kier alpha value is -3.25. The lowest BCUT2D eigenvalue weighted by molar-refractivity contribution is -0.907. The number of hydrogen-bond donors (Lipinski definition) is 2. The van der Waals surface area contributed by atoms with Crippen LogP contribution in [-0.2, 0) is 11.3 Å². The number of hydrogen-bond acceptors (Lipinski definition) is 3. The molecule has 0 saturated carbocycles. The molecule has 2 aromatic carbocycles. The number of quaternary nitrogens is 1. The normalized spacial score (nSPS) is 13.0. The average Bonchev–Trinajstić information content (AvgIpc) is 3.02. The molecule has 0 aliphatic rings. The Labute approximate surface area is 177 Å². The zero-order valence-electron chi connectivity index (χ0n) is 18.2. The number of benzene rings is 2. The van der Waals surface area contributed by atoms with Crippen LogP contribution >= 0.6 is 0 Å². The Morgan fingerprint density at radius 1 is 1.10 bits per heavy atom. The number of carbonyl (C=O) groups excluding carboxylic acids is 2. The summed E-state index contributed by atoms with van der Waals surface area (Å²) >= 11 is 0. The first-order valence-corrected chi connectivity index (χ1v) is 10.1. The minimum Gasteiger partial charge on any atom is -0.324 e. The van der Waals surface area contributed by atoms with Crippen LogP contribution in [0.5, 0.6) is 0 Å². The molecule has 2 N–H and O–H groups in total. The van der Waals surface area contributed by atoms with Crippen molar-refractivity contribution in [1.82, 2.24) is 9.78 Å². The highest BCUT2D eigenvalue weighted by Gasteiger charge is 2.25. The topological polar surface area (TPSA) is 68.4 Å². The van der Waals surface area contributed by atoms with Gasteiger partial charge in [-0.05, 0) is 52.0 Å². The van der Waals surface area contributed by atoms with Crippen molar-refractivity contribution in [2.45, 2.75) is 40.3 Å². The van der Waals surface area contributed by atoms with E-state index in [9.17, 15) is 9.59 Å². The third-order valence-corrected chi connectivity index (χ3v) is 5.57. The molecule has 0 aliphatic heterocycles. The number of aryl methyl sites for hydroxylation is 1. The largest absolute Gasteiger partial charge is 0.324 e. The van der Waals surface area contributed by atoms with Crippen molar-refractivity contribution in [3.05, 3.63) is 77.1 Å². The Balaban J connectivity index is 1.72. The van der Waals surface area contributed by atoms with Gasteiger partial charge in [-0.2, -0.15) is 5.10 Å². The summed E-state index contributed by atoms with van der Waals surface area (Å²) in [7, 11) is 2.01. The molecule has 0 radical (unpaired) electrons. The lowest BCUT2D eigenvalue weighted by atomic mass is 10.1. The van der Waals surface area contributed by atoms with Gasteiger partial charge in [-0.1, -0.05) is 30.3 Å². The van der Waals surface area contributed by atoms with E-state index in [1.807, 2.05) is 55.9 Å². The van der Waals surface area contributed by atoms with Crippen LogP contribution < -0.4 is 10.2 Å². The van der Waals surface area contributed by atoms with Crippen LogP contribution in [0.2, 0.25) is 0 Å². The van der Waals surface area contributed by atoms with Crippen LogP contribution in [0.25, 0.3) is 5.69 Å². The standard InChI is InChI=1S/C24H28N4O2/c1-16-23(17(2)28(26-16)22-12-7-6-8-13-22)15-27(5)18(3)24(30)25-21-11-9-10-20(14-21)19(4)29/h6-14,18H,15H2,1-5H3,(H,25,30)/p+1/t18-/m1/s1. The maximum Gasteiger partial charge on any atom is 0.282 e. The maximum atomic E-state index is 12.8. The maximum absolute atomic E-state index is 12.8. The number of carbonyl (C=O) groups is 2. The number of likely N-dealkylation sites (N-methyl/N-ethyl adjacent to an activating group) is 1. The monoisotopic (exact) mass is 405 g/mol. The molecule has 156 valence electrons. The molecule has 6 nitrogen and oxygen atoms in total. The van der Waals surface area contributed by atoms with Gasteiger partial charge in [-0.3, -0.25) is 9.59 Å². The zero-order chi connectivity index (χ0) is 21.8. The number of aromatic nitrogens is 2. The highest BCUT2D eigenvalue weighted by atomic mass is 16.2. The Morgan fingerprint density at radius 3 is 2.47 bits per heavy atom. The van der Waals surface area contributed by atoms with Crippen molar-refractivity contribution in [2.24, 2.45) is 0 Å². The summed E-state index contributed by atoms with van der Waals surface area (Å²) in [5.41, 5.74) is 5.45. The fraction of sp³-hybridized carbons (Fsp3) is 0.292. The average molecular weight is 406 g/mol. The van der Waals surface area contributed by atoms with Gasteiger partial charge in [0.2, 0.25) is 0 Å². The summed E-state index contributed by atoms with van der Waals surface area (Å²) in [5, 5.41) is 7.63. The third-order valence-electron chi connectivity index (χ3n) is 5.57. The molecule has 3 aromatic rings. The predicted molar refractivity (Wildman–Crippen MR) is 118 cm³/mol. The second kappa shape index (κ2) is 9.05. The summed E-state index contributed by atoms with van der Waals surface area (Å²) < 4.78 is 1.95. The minimum atomic E-state index is -0.273. The van der Waals surface area contributed by atoms with Gasteiger partial charge in [-0.15, -0.1) is 0 Å². The molecular formula is C24H29N4O2+. The van der Waals surface area contributed by atoms with E-state index < -0.39 is 0 Å². The predicted octanol–water partition coefficient (Wildman–Crippen LogP) is 2.73. The van der Waals surface area contributed by atoms with Crippen molar-refractivity contribution in [3.63, 3.8) is 0 Å². The first-order valence-electron chi connectivity index (χ1n) is 10.1. The van der Waals surface area contributed by atoms with Crippen LogP contribution in [0.4, 0.5) is 5.69 Å². The van der Waals surface area contributed by atoms with Gasteiger partial charge in [0.25, 0.3) is 5.91 Å². The molecule has 0 spiro atoms. The Bertz CT molecular complexity index is 1060. The summed E-state index contributed by atoms with van der Waals surface area (Å²) in [4.78, 5) is 25.4. The first kappa shape index (κ1) is 21.5. The van der Waals surface area contributed by atoms with Crippen LogP contribution in [0.15, 0.2) is 54.6 Å². The fourth-order valence-electron chi connectivity index (χ4n) is 3.47. The lowest BCUT2D eigenvalue weighted by Gasteiger charge is -2.21. The van der Waals surface area contributed by atoms with E-state index in [0.717, 1.165) is 27.5 Å². The number of ketones is 1. The highest BCUT2D eigenvalue weighted by Crippen LogP contribution is 2.17. The van der Waals surface area contributed by atoms with Gasteiger partial charge >= 0.3 is 0 Å². The van der Waals surface area contributed by atoms with Gasteiger partial charge < -0.3 is 10.2 Å². The van der Waals surface area contributed by atoms with E-state index in [0.29, 0.717) is 17.8 Å². The number of para-hydroxylation sites is 1. The second-order valence-electron chi connectivity index (χ2n) is 7.77. The van der Waals surface area contributed by atoms with Crippen molar-refractivity contribution >= 4 is 17.4 Å². The van der Waals surface area contributed by atoms with Gasteiger partial charge in [0, 0.05) is 11.3 Å². The smallest absolute Gasteiger partial charge is 0.282 e. The summed E-state index contributed by atoms with van der Waals surface area (Å²) in [6, 6.07) is 16.8. The molecule has 1 unspecified atom stereocenters. The quantitative estimate of drug-likeness (QED) is 0.594. The lowest BCUT2D eigenvalue weighted by Crippen LogP contribution is -3.12. The van der Waals surface area contributed by atoms with Gasteiger partial charge in [0.05, 0.1) is 29.7 Å². The molecular weight excluding hydrogens is 376 g/mol. The van der Waals surface area contributed by atoms with E-state index in [2.05, 4.69) is 12.2 Å². The number of amides is 1. The highest BCUT2D eigenvalue weighted by molar-refractivity contribution is 5.97. The van der Waals surface area contributed by atoms with E-state index in [-0.39, 0.29) is 17.7 Å². The van der Waals surface area contributed by atoms with Gasteiger partial charge in [0.1, 0.15) is 6.54 Å². The molecule has 30 heavy (non-hydrogen) atoms. The number of Topliss-reactive ketones (excluding diaryl/α,β-unsaturated/α-hetero) is 1. The van der Waals surface area contributed by atoms with E-state index in [1.165, 1.54) is 6.92 Å². The van der Waals surface area contributed by atoms with Gasteiger partial charge in [-0.25, -0.2) is 4.68 Å². The molecule has 0 aliphatic carbocycles. The molecule has 3 rings (SSSR count). The molecule has 1 aromatic heterocycles. The Morgan fingerprint density at radius 2 is 1.80 bits per heavy atom. The molecule has 6 heteroatoms. The molecule has 1 heterocycles. The zero-order valence-corrected chi connectivity index (χ0v) is 18.2. The summed E-state index contributed by atoms with van der Waals surface area (Å²) in [6.07, 6.45) is 0. The first-order chi connectivity index (χ1) is 14.3. The molecule has 2 atom stereocenters. The van der Waals surface area contributed by atoms with Crippen LogP contribution in [0.3, 0.4) is 0 Å². The fourth-order valence-corrected chi connectivity index (χ4v) is 3.47. The third kappa shape index (κ3) is 4.66. The van der Waals surface area contributed by atoms with Crippen LogP contribution in [0.1, 0.15) is 41.2 Å². The number of rotatable bonds is 7. The summed E-state index contributed by atoms with van der Waals surface area (Å²) in [6.45, 7) is 8.18. The molecule has 1 amide bonds. The minimum absolute atomic E-state index is 0.0248. The van der Waals surface area contributed by atoms with Crippen LogP contribution in [0, 0.1) is 13.8 Å². The summed E-state index contributed by atoms with van der Waals surface area (Å²) in [5.74, 6) is -0.109.